The van der Waals surface area contributed by atoms with Gasteiger partial charge in [-0.2, -0.15) is 0 Å². The second kappa shape index (κ2) is 10.9. The van der Waals surface area contributed by atoms with Crippen LogP contribution in [0.25, 0.3) is 0 Å². The quantitative estimate of drug-likeness (QED) is 0.327. The van der Waals surface area contributed by atoms with Crippen LogP contribution in [0.1, 0.15) is 36.9 Å². The lowest BCUT2D eigenvalue weighted by Crippen LogP contribution is -2.48. The van der Waals surface area contributed by atoms with Crippen molar-refractivity contribution in [1.82, 2.24) is 9.80 Å². The summed E-state index contributed by atoms with van der Waals surface area (Å²) in [5.41, 5.74) is 2.94. The monoisotopic (exact) mass is 456 g/mol. The summed E-state index contributed by atoms with van der Waals surface area (Å²) < 4.78 is 5.23. The summed E-state index contributed by atoms with van der Waals surface area (Å²) in [6.45, 7) is 7.68. The van der Waals surface area contributed by atoms with E-state index in [9.17, 15) is 4.79 Å². The highest BCUT2D eigenvalue weighted by atomic mass is 32.2. The molecule has 0 N–H and O–H groups in total. The smallest absolute Gasteiger partial charge is 0.305 e. The number of hydrogen-bond donors (Lipinski definition) is 0. The molecule has 1 atom stereocenters. The molecule has 0 spiro atoms. The van der Waals surface area contributed by atoms with Crippen LogP contribution < -0.4 is 0 Å². The lowest BCUT2D eigenvalue weighted by molar-refractivity contribution is -0.143. The van der Waals surface area contributed by atoms with Gasteiger partial charge < -0.3 is 9.64 Å². The Morgan fingerprint density at radius 2 is 1.94 bits per heavy atom. The van der Waals surface area contributed by atoms with Gasteiger partial charge in [0.2, 0.25) is 0 Å². The van der Waals surface area contributed by atoms with E-state index >= 15 is 0 Å². The predicted molar refractivity (Wildman–Crippen MR) is 129 cm³/mol. The molecular formula is C25H32N2O2S2. The van der Waals surface area contributed by atoms with Gasteiger partial charge in [-0.25, -0.2) is 0 Å². The first-order valence-electron chi connectivity index (χ1n) is 11.2. The van der Waals surface area contributed by atoms with E-state index in [0.29, 0.717) is 19.1 Å². The number of carbonyl (C=O) groups excluding carboxylic acids is 1. The van der Waals surface area contributed by atoms with Crippen LogP contribution in [0.3, 0.4) is 0 Å². The van der Waals surface area contributed by atoms with Crippen LogP contribution in [0.5, 0.6) is 0 Å². The highest BCUT2D eigenvalue weighted by molar-refractivity contribution is 7.99. The molecule has 0 aromatic heterocycles. The van der Waals surface area contributed by atoms with Gasteiger partial charge in [0.15, 0.2) is 0 Å². The van der Waals surface area contributed by atoms with Crippen LogP contribution in [0.4, 0.5) is 0 Å². The third-order valence-electron chi connectivity index (χ3n) is 6.20. The molecule has 2 aromatic rings. The van der Waals surface area contributed by atoms with Gasteiger partial charge in [-0.05, 0) is 54.5 Å². The molecule has 4 rings (SSSR count). The SMILES string of the molecule is CCC(=O)OCCCN1CCN(C2Cc3ccccc3Sc3ccc(SC)cc32)CC1. The number of fused-ring (bicyclic) bond motifs is 2. The van der Waals surface area contributed by atoms with Crippen molar-refractivity contribution in [1.29, 1.82) is 0 Å². The Kier molecular flexibility index (Phi) is 7.99. The van der Waals surface area contributed by atoms with Gasteiger partial charge in [0.25, 0.3) is 0 Å². The first-order valence-corrected chi connectivity index (χ1v) is 13.3. The van der Waals surface area contributed by atoms with Crippen molar-refractivity contribution in [2.75, 3.05) is 45.6 Å². The summed E-state index contributed by atoms with van der Waals surface area (Å²) in [7, 11) is 0. The van der Waals surface area contributed by atoms with Gasteiger partial charge in [0.1, 0.15) is 0 Å². The van der Waals surface area contributed by atoms with Crippen LogP contribution in [-0.2, 0) is 16.0 Å². The van der Waals surface area contributed by atoms with Crippen molar-refractivity contribution in [2.24, 2.45) is 0 Å². The molecule has 0 saturated carbocycles. The Morgan fingerprint density at radius 3 is 2.71 bits per heavy atom. The molecule has 6 heteroatoms. The van der Waals surface area contributed by atoms with E-state index in [1.165, 1.54) is 25.8 Å². The zero-order valence-electron chi connectivity index (χ0n) is 18.5. The van der Waals surface area contributed by atoms with Gasteiger partial charge >= 0.3 is 5.97 Å². The minimum Gasteiger partial charge on any atom is -0.466 e. The summed E-state index contributed by atoms with van der Waals surface area (Å²) in [6, 6.07) is 16.3. The fourth-order valence-corrected chi connectivity index (χ4v) is 5.98. The second-order valence-electron chi connectivity index (χ2n) is 8.14. The molecule has 31 heavy (non-hydrogen) atoms. The van der Waals surface area contributed by atoms with E-state index in [4.69, 9.17) is 4.74 Å². The van der Waals surface area contributed by atoms with Crippen molar-refractivity contribution < 1.29 is 9.53 Å². The summed E-state index contributed by atoms with van der Waals surface area (Å²) in [5, 5.41) is 0. The molecule has 0 radical (unpaired) electrons. The Bertz CT molecular complexity index is 897. The predicted octanol–water partition coefficient (Wildman–Crippen LogP) is 5.12. The molecule has 2 heterocycles. The van der Waals surface area contributed by atoms with Crippen LogP contribution in [-0.4, -0.2) is 61.4 Å². The van der Waals surface area contributed by atoms with Crippen LogP contribution in [0.15, 0.2) is 57.2 Å². The Morgan fingerprint density at radius 1 is 1.13 bits per heavy atom. The third-order valence-corrected chi connectivity index (χ3v) is 8.14. The molecule has 2 aliphatic heterocycles. The molecule has 0 bridgehead atoms. The van der Waals surface area contributed by atoms with Crippen molar-refractivity contribution in [3.8, 4) is 0 Å². The van der Waals surface area contributed by atoms with Crippen LogP contribution in [0.2, 0.25) is 0 Å². The van der Waals surface area contributed by atoms with Crippen LogP contribution in [0, 0.1) is 0 Å². The molecule has 1 saturated heterocycles. The Balaban J connectivity index is 1.43. The second-order valence-corrected chi connectivity index (χ2v) is 10.1. The Hall–Kier alpha value is -1.47. The lowest BCUT2D eigenvalue weighted by Gasteiger charge is -2.39. The number of ether oxygens (including phenoxy) is 1. The van der Waals surface area contributed by atoms with Gasteiger partial charge in [-0.3, -0.25) is 9.69 Å². The number of benzene rings is 2. The summed E-state index contributed by atoms with van der Waals surface area (Å²) in [4.78, 5) is 20.6. The van der Waals surface area contributed by atoms with Crippen LogP contribution >= 0.6 is 23.5 Å². The molecular weight excluding hydrogens is 424 g/mol. The number of thioether (sulfide) groups is 1. The first kappa shape index (κ1) is 22.7. The van der Waals surface area contributed by atoms with Gasteiger partial charge in [-0.1, -0.05) is 36.9 Å². The fourth-order valence-electron chi connectivity index (χ4n) is 4.42. The van der Waals surface area contributed by atoms with Crippen molar-refractivity contribution >= 4 is 29.5 Å². The highest BCUT2D eigenvalue weighted by Gasteiger charge is 2.30. The van der Waals surface area contributed by atoms with E-state index < -0.39 is 0 Å². The molecule has 4 nitrogen and oxygen atoms in total. The molecule has 0 aliphatic carbocycles. The lowest BCUT2D eigenvalue weighted by atomic mass is 9.96. The highest BCUT2D eigenvalue weighted by Crippen LogP contribution is 2.44. The zero-order valence-corrected chi connectivity index (χ0v) is 20.1. The number of hydrogen-bond acceptors (Lipinski definition) is 6. The summed E-state index contributed by atoms with van der Waals surface area (Å²) >= 11 is 3.75. The largest absolute Gasteiger partial charge is 0.466 e. The average molecular weight is 457 g/mol. The summed E-state index contributed by atoms with van der Waals surface area (Å²) in [5.74, 6) is -0.0976. The minimum absolute atomic E-state index is 0.0976. The van der Waals surface area contributed by atoms with E-state index in [0.717, 1.165) is 45.6 Å². The van der Waals surface area contributed by atoms with Gasteiger partial charge in [0.05, 0.1) is 6.61 Å². The number of nitrogens with zero attached hydrogens (tertiary/aromatic N) is 2. The zero-order chi connectivity index (χ0) is 21.6. The number of esters is 1. The molecule has 0 amide bonds. The standard InChI is InChI=1S/C25H32N2O2S2/c1-3-25(28)29-16-6-11-26-12-14-27(15-13-26)22-17-19-7-4-5-8-23(19)31-24-10-9-20(30-2)18-21(22)24/h4-5,7-10,18,22H,3,6,11-17H2,1-2H3. The van der Waals surface area contributed by atoms with E-state index in [-0.39, 0.29) is 5.97 Å². The molecule has 1 fully saturated rings. The molecule has 1 unspecified atom stereocenters. The number of piperazine rings is 1. The minimum atomic E-state index is -0.0976. The number of carbonyl (C=O) groups is 1. The van der Waals surface area contributed by atoms with Gasteiger partial charge in [-0.15, -0.1) is 11.8 Å². The molecule has 166 valence electrons. The average Bonchev–Trinajstić information content (AvgIpc) is 2.98. The third kappa shape index (κ3) is 5.67. The van der Waals surface area contributed by atoms with E-state index in [1.54, 1.807) is 0 Å². The van der Waals surface area contributed by atoms with Crippen molar-refractivity contribution in [3.05, 3.63) is 53.6 Å². The molecule has 2 aliphatic rings. The normalized spacial score (nSPS) is 19.4. The van der Waals surface area contributed by atoms with Gasteiger partial charge in [0, 0.05) is 59.9 Å². The molecule has 2 aromatic carbocycles. The van der Waals surface area contributed by atoms with Crippen molar-refractivity contribution in [3.63, 3.8) is 0 Å². The maximum atomic E-state index is 11.3. The maximum Gasteiger partial charge on any atom is 0.305 e. The number of rotatable bonds is 7. The topological polar surface area (TPSA) is 32.8 Å². The van der Waals surface area contributed by atoms with E-state index in [1.807, 2.05) is 30.4 Å². The first-order chi connectivity index (χ1) is 15.2. The summed E-state index contributed by atoms with van der Waals surface area (Å²) in [6.07, 6.45) is 4.60. The van der Waals surface area contributed by atoms with Crippen molar-refractivity contribution in [2.45, 2.75) is 46.9 Å². The Labute approximate surface area is 194 Å². The maximum absolute atomic E-state index is 11.3. The fraction of sp³-hybridized carbons (Fsp3) is 0.480. The van der Waals surface area contributed by atoms with E-state index in [2.05, 4.69) is 58.5 Å².